The van der Waals surface area contributed by atoms with E-state index in [9.17, 15) is 5.11 Å². The highest BCUT2D eigenvalue weighted by Crippen LogP contribution is 2.24. The number of benzene rings is 2. The minimum atomic E-state index is -0.235. The maximum absolute atomic E-state index is 10.5. The van der Waals surface area contributed by atoms with Gasteiger partial charge in [0.25, 0.3) is 0 Å². The lowest BCUT2D eigenvalue weighted by atomic mass is 9.88. The minimum absolute atomic E-state index is 0.235. The minimum Gasteiger partial charge on any atom is -0.391 e. The Labute approximate surface area is 140 Å². The highest BCUT2D eigenvalue weighted by Gasteiger charge is 2.27. The molecule has 0 amide bonds. The molecular formula is C19H22BrNO. The van der Waals surface area contributed by atoms with Gasteiger partial charge >= 0.3 is 0 Å². The van der Waals surface area contributed by atoms with E-state index in [0.29, 0.717) is 5.92 Å². The summed E-state index contributed by atoms with van der Waals surface area (Å²) in [7, 11) is 0. The molecule has 2 aromatic carbocycles. The van der Waals surface area contributed by atoms with E-state index in [2.05, 4.69) is 69.4 Å². The number of likely N-dealkylation sites (tertiary alicyclic amines) is 1. The molecule has 0 spiro atoms. The lowest BCUT2D eigenvalue weighted by Crippen LogP contribution is -2.44. The molecule has 0 bridgehead atoms. The van der Waals surface area contributed by atoms with Crippen LogP contribution in [0.4, 0.5) is 0 Å². The molecule has 1 N–H and O–H groups in total. The van der Waals surface area contributed by atoms with E-state index < -0.39 is 0 Å². The first kappa shape index (κ1) is 15.7. The molecule has 116 valence electrons. The molecule has 0 radical (unpaired) electrons. The molecule has 2 nitrogen and oxygen atoms in total. The molecule has 1 fully saturated rings. The molecule has 3 heteroatoms. The number of aliphatic hydroxyl groups is 1. The molecule has 1 aliphatic rings. The van der Waals surface area contributed by atoms with Crippen molar-refractivity contribution in [1.29, 1.82) is 0 Å². The predicted octanol–water partition coefficient (Wildman–Crippen LogP) is 3.87. The summed E-state index contributed by atoms with van der Waals surface area (Å²) in [5, 5.41) is 10.5. The van der Waals surface area contributed by atoms with Crippen LogP contribution in [0.15, 0.2) is 59.1 Å². The van der Waals surface area contributed by atoms with Gasteiger partial charge in [0.05, 0.1) is 6.10 Å². The van der Waals surface area contributed by atoms with Crippen LogP contribution in [0.1, 0.15) is 17.5 Å². The largest absolute Gasteiger partial charge is 0.391 e. The number of rotatable bonds is 4. The summed E-state index contributed by atoms with van der Waals surface area (Å²) in [6.45, 7) is 2.77. The number of hydrogen-bond donors (Lipinski definition) is 1. The van der Waals surface area contributed by atoms with Crippen molar-refractivity contribution in [2.75, 3.05) is 13.1 Å². The Bertz CT molecular complexity index is 584. The Morgan fingerprint density at radius 3 is 2.41 bits per heavy atom. The van der Waals surface area contributed by atoms with E-state index in [1.807, 2.05) is 6.07 Å². The zero-order chi connectivity index (χ0) is 15.4. The summed E-state index contributed by atoms with van der Waals surface area (Å²) in [6, 6.07) is 18.9. The molecular weight excluding hydrogens is 338 g/mol. The van der Waals surface area contributed by atoms with Crippen molar-refractivity contribution < 1.29 is 5.11 Å². The molecule has 1 aliphatic heterocycles. The molecule has 1 saturated heterocycles. The van der Waals surface area contributed by atoms with Gasteiger partial charge in [0.15, 0.2) is 0 Å². The maximum Gasteiger partial charge on any atom is 0.0699 e. The Hall–Kier alpha value is -1.16. The van der Waals surface area contributed by atoms with Gasteiger partial charge < -0.3 is 5.11 Å². The number of piperidine rings is 1. The molecule has 0 aliphatic carbocycles. The summed E-state index contributed by atoms with van der Waals surface area (Å²) in [5.74, 6) is 0.369. The zero-order valence-electron chi connectivity index (χ0n) is 12.7. The Kier molecular flexibility index (Phi) is 5.29. The van der Waals surface area contributed by atoms with Gasteiger partial charge in [0.1, 0.15) is 0 Å². The fourth-order valence-electron chi connectivity index (χ4n) is 3.19. The van der Waals surface area contributed by atoms with Crippen molar-refractivity contribution in [2.45, 2.75) is 25.5 Å². The topological polar surface area (TPSA) is 23.5 Å². The third-order valence-corrected chi connectivity index (χ3v) is 4.99. The van der Waals surface area contributed by atoms with Crippen molar-refractivity contribution in [2.24, 2.45) is 5.92 Å². The number of nitrogens with zero attached hydrogens (tertiary/aromatic N) is 1. The lowest BCUT2D eigenvalue weighted by molar-refractivity contribution is 0.0187. The van der Waals surface area contributed by atoms with Crippen molar-refractivity contribution in [1.82, 2.24) is 4.90 Å². The molecule has 1 heterocycles. The van der Waals surface area contributed by atoms with Crippen LogP contribution in [0.25, 0.3) is 0 Å². The Morgan fingerprint density at radius 2 is 1.73 bits per heavy atom. The third kappa shape index (κ3) is 4.19. The van der Waals surface area contributed by atoms with Gasteiger partial charge in [-0.3, -0.25) is 4.90 Å². The molecule has 0 saturated carbocycles. The van der Waals surface area contributed by atoms with Gasteiger partial charge in [-0.2, -0.15) is 0 Å². The summed E-state index contributed by atoms with van der Waals surface area (Å²) in [6.07, 6.45) is 1.79. The smallest absolute Gasteiger partial charge is 0.0699 e. The normalized spacial score (nSPS) is 22.6. The number of β-amino-alcohol motifs (C(OH)–C–C–N with tert-alkyl or cyclic N) is 1. The van der Waals surface area contributed by atoms with Crippen LogP contribution in [-0.2, 0) is 13.0 Å². The summed E-state index contributed by atoms with van der Waals surface area (Å²) in [4.78, 5) is 2.36. The van der Waals surface area contributed by atoms with E-state index in [4.69, 9.17) is 0 Å². The summed E-state index contributed by atoms with van der Waals surface area (Å²) >= 11 is 3.47. The van der Waals surface area contributed by atoms with Gasteiger partial charge in [-0.15, -0.1) is 0 Å². The standard InChI is InChI=1S/C19H22BrNO/c20-18-8-6-15(7-9-18)12-17-10-11-21(14-19(17)22)13-16-4-2-1-3-5-16/h1-9,17,19,22H,10-14H2/t17-,19+/m0/s1. The van der Waals surface area contributed by atoms with E-state index in [-0.39, 0.29) is 6.10 Å². The van der Waals surface area contributed by atoms with Crippen LogP contribution in [-0.4, -0.2) is 29.2 Å². The maximum atomic E-state index is 10.5. The molecule has 3 rings (SSSR count). The van der Waals surface area contributed by atoms with Crippen LogP contribution < -0.4 is 0 Å². The first-order valence-electron chi connectivity index (χ1n) is 7.89. The second-order valence-corrected chi connectivity index (χ2v) is 7.08. The second kappa shape index (κ2) is 7.40. The Balaban J connectivity index is 1.54. The average molecular weight is 360 g/mol. The van der Waals surface area contributed by atoms with Crippen molar-refractivity contribution in [3.8, 4) is 0 Å². The van der Waals surface area contributed by atoms with Gasteiger partial charge in [-0.25, -0.2) is 0 Å². The van der Waals surface area contributed by atoms with Gasteiger partial charge in [-0.05, 0) is 48.6 Å². The predicted molar refractivity (Wildman–Crippen MR) is 93.7 cm³/mol. The average Bonchev–Trinajstić information content (AvgIpc) is 2.53. The molecule has 22 heavy (non-hydrogen) atoms. The Morgan fingerprint density at radius 1 is 1.00 bits per heavy atom. The summed E-state index contributed by atoms with van der Waals surface area (Å²) in [5.41, 5.74) is 2.63. The van der Waals surface area contributed by atoms with Crippen molar-refractivity contribution in [3.63, 3.8) is 0 Å². The molecule has 0 unspecified atom stereocenters. The highest BCUT2D eigenvalue weighted by atomic mass is 79.9. The van der Waals surface area contributed by atoms with Crippen LogP contribution in [0.5, 0.6) is 0 Å². The molecule has 2 aromatic rings. The van der Waals surface area contributed by atoms with Gasteiger partial charge in [-0.1, -0.05) is 58.4 Å². The van der Waals surface area contributed by atoms with Crippen LogP contribution in [0.2, 0.25) is 0 Å². The monoisotopic (exact) mass is 359 g/mol. The lowest BCUT2D eigenvalue weighted by Gasteiger charge is -2.36. The fourth-order valence-corrected chi connectivity index (χ4v) is 3.46. The molecule has 0 aromatic heterocycles. The first-order chi connectivity index (χ1) is 10.7. The van der Waals surface area contributed by atoms with E-state index in [1.54, 1.807) is 0 Å². The third-order valence-electron chi connectivity index (χ3n) is 4.47. The quantitative estimate of drug-likeness (QED) is 0.895. The number of hydrogen-bond acceptors (Lipinski definition) is 2. The fraction of sp³-hybridized carbons (Fsp3) is 0.368. The number of halogens is 1. The number of aliphatic hydroxyl groups excluding tert-OH is 1. The van der Waals surface area contributed by atoms with Crippen LogP contribution in [0, 0.1) is 5.92 Å². The second-order valence-electron chi connectivity index (χ2n) is 6.17. The summed E-state index contributed by atoms with van der Waals surface area (Å²) < 4.78 is 1.11. The highest BCUT2D eigenvalue weighted by molar-refractivity contribution is 9.10. The van der Waals surface area contributed by atoms with Crippen LogP contribution >= 0.6 is 15.9 Å². The van der Waals surface area contributed by atoms with Gasteiger partial charge in [0.2, 0.25) is 0 Å². The van der Waals surface area contributed by atoms with Crippen molar-refractivity contribution >= 4 is 15.9 Å². The van der Waals surface area contributed by atoms with Crippen LogP contribution in [0.3, 0.4) is 0 Å². The van der Waals surface area contributed by atoms with E-state index in [0.717, 1.165) is 36.9 Å². The van der Waals surface area contributed by atoms with Gasteiger partial charge in [0, 0.05) is 17.6 Å². The van der Waals surface area contributed by atoms with E-state index in [1.165, 1.54) is 11.1 Å². The van der Waals surface area contributed by atoms with E-state index >= 15 is 0 Å². The zero-order valence-corrected chi connectivity index (χ0v) is 14.2. The SMILES string of the molecule is O[C@@H]1CN(Cc2ccccc2)CC[C@H]1Cc1ccc(Br)cc1. The van der Waals surface area contributed by atoms with Crippen molar-refractivity contribution in [3.05, 3.63) is 70.2 Å². The molecule has 2 atom stereocenters. The first-order valence-corrected chi connectivity index (χ1v) is 8.69.